The van der Waals surface area contributed by atoms with Gasteiger partial charge in [-0.2, -0.15) is 5.10 Å². The van der Waals surface area contributed by atoms with Crippen LogP contribution >= 0.6 is 0 Å². The van der Waals surface area contributed by atoms with E-state index in [1.54, 1.807) is 10.9 Å². The first kappa shape index (κ1) is 20.3. The molecule has 2 N–H and O–H groups in total. The van der Waals surface area contributed by atoms with E-state index < -0.39 is 0 Å². The number of nitrogens with zero attached hydrogens (tertiary/aromatic N) is 4. The van der Waals surface area contributed by atoms with Gasteiger partial charge in [0.15, 0.2) is 0 Å². The number of likely N-dealkylation sites (tertiary alicyclic amines) is 1. The Morgan fingerprint density at radius 1 is 1.34 bits per heavy atom. The van der Waals surface area contributed by atoms with Gasteiger partial charge < -0.3 is 20.2 Å². The number of carbonyl (C=O) groups excluding carboxylic acids is 2. The SMILES string of the molecule is Cc1c(C(=O)NC[C@H]2[C@H]3C[C@H](CN(CCCO)C3)[C@@H]3CCCC(=O)N32)cnn1C. The van der Waals surface area contributed by atoms with E-state index in [0.717, 1.165) is 51.0 Å². The number of piperidine rings is 3. The number of aliphatic hydroxyl groups is 1. The first-order valence-corrected chi connectivity index (χ1v) is 10.9. The molecule has 2 amide bonds. The molecule has 3 aliphatic rings. The van der Waals surface area contributed by atoms with Crippen molar-refractivity contribution >= 4 is 11.8 Å². The van der Waals surface area contributed by atoms with Crippen molar-refractivity contribution in [3.63, 3.8) is 0 Å². The molecule has 0 aromatic carbocycles. The fourth-order valence-electron chi connectivity index (χ4n) is 5.63. The minimum atomic E-state index is -0.119. The van der Waals surface area contributed by atoms with Gasteiger partial charge in [-0.3, -0.25) is 14.3 Å². The van der Waals surface area contributed by atoms with Gasteiger partial charge in [-0.05, 0) is 44.4 Å². The molecule has 1 aromatic heterocycles. The third-order valence-corrected chi connectivity index (χ3v) is 7.16. The van der Waals surface area contributed by atoms with Crippen LogP contribution < -0.4 is 5.32 Å². The Labute approximate surface area is 172 Å². The van der Waals surface area contributed by atoms with Gasteiger partial charge in [-0.25, -0.2) is 0 Å². The molecule has 3 aliphatic heterocycles. The number of hydrogen-bond donors (Lipinski definition) is 2. The molecular formula is C21H33N5O3. The Balaban J connectivity index is 1.50. The molecular weight excluding hydrogens is 370 g/mol. The van der Waals surface area contributed by atoms with E-state index in [-0.39, 0.29) is 30.5 Å². The van der Waals surface area contributed by atoms with Crippen LogP contribution in [-0.4, -0.2) is 81.4 Å². The molecule has 8 heteroatoms. The van der Waals surface area contributed by atoms with Gasteiger partial charge in [0.05, 0.1) is 17.8 Å². The second kappa shape index (κ2) is 8.44. The second-order valence-electron chi connectivity index (χ2n) is 8.90. The van der Waals surface area contributed by atoms with Gasteiger partial charge >= 0.3 is 0 Å². The normalized spacial score (nSPS) is 29.6. The summed E-state index contributed by atoms with van der Waals surface area (Å²) in [6, 6.07) is 0.327. The molecule has 4 heterocycles. The molecule has 0 unspecified atom stereocenters. The molecule has 2 bridgehead atoms. The van der Waals surface area contributed by atoms with Crippen molar-refractivity contribution in [1.29, 1.82) is 0 Å². The van der Waals surface area contributed by atoms with E-state index >= 15 is 0 Å². The molecule has 0 saturated carbocycles. The highest BCUT2D eigenvalue weighted by Gasteiger charge is 2.49. The van der Waals surface area contributed by atoms with Crippen LogP contribution in [0.4, 0.5) is 0 Å². The van der Waals surface area contributed by atoms with Crippen LogP contribution in [0.5, 0.6) is 0 Å². The van der Waals surface area contributed by atoms with E-state index in [2.05, 4.69) is 20.2 Å². The summed E-state index contributed by atoms with van der Waals surface area (Å²) in [5, 5.41) is 16.5. The van der Waals surface area contributed by atoms with Crippen LogP contribution in [0.15, 0.2) is 6.20 Å². The summed E-state index contributed by atoms with van der Waals surface area (Å²) in [4.78, 5) is 30.2. The number of amides is 2. The molecule has 0 spiro atoms. The summed E-state index contributed by atoms with van der Waals surface area (Å²) in [7, 11) is 1.83. The average molecular weight is 404 g/mol. The zero-order valence-electron chi connectivity index (χ0n) is 17.5. The van der Waals surface area contributed by atoms with E-state index in [9.17, 15) is 14.7 Å². The van der Waals surface area contributed by atoms with Gasteiger partial charge in [0, 0.05) is 58.0 Å². The molecule has 3 fully saturated rings. The van der Waals surface area contributed by atoms with Crippen molar-refractivity contribution in [3.05, 3.63) is 17.5 Å². The van der Waals surface area contributed by atoms with Crippen LogP contribution in [0.3, 0.4) is 0 Å². The lowest BCUT2D eigenvalue weighted by Gasteiger charge is -2.56. The van der Waals surface area contributed by atoms with Gasteiger partial charge in [-0.1, -0.05) is 0 Å². The number of aromatic nitrogens is 2. The standard InChI is InChI=1S/C21H33N5O3/c1-14-17(10-23-24(14)2)21(29)22-11-19-16-9-15(12-25(13-16)7-4-8-27)18-5-3-6-20(28)26(18)19/h10,15-16,18-19,27H,3-9,11-13H2,1-2H3,(H,22,29)/t15-,16+,18+,19+/m1/s1. The van der Waals surface area contributed by atoms with E-state index in [4.69, 9.17) is 0 Å². The van der Waals surface area contributed by atoms with Crippen molar-refractivity contribution in [2.24, 2.45) is 18.9 Å². The lowest BCUT2D eigenvalue weighted by atomic mass is 9.72. The van der Waals surface area contributed by atoms with Gasteiger partial charge in [-0.15, -0.1) is 0 Å². The molecule has 1 aromatic rings. The summed E-state index contributed by atoms with van der Waals surface area (Å²) in [6.45, 7) is 5.43. The number of aliphatic hydroxyl groups excluding tert-OH is 1. The van der Waals surface area contributed by atoms with Gasteiger partial charge in [0.1, 0.15) is 0 Å². The highest BCUT2D eigenvalue weighted by Crippen LogP contribution is 2.41. The maximum absolute atomic E-state index is 12.8. The minimum absolute atomic E-state index is 0.0434. The van der Waals surface area contributed by atoms with E-state index in [1.807, 2.05) is 14.0 Å². The second-order valence-corrected chi connectivity index (χ2v) is 8.90. The van der Waals surface area contributed by atoms with Gasteiger partial charge in [0.25, 0.3) is 5.91 Å². The fourth-order valence-corrected chi connectivity index (χ4v) is 5.63. The lowest BCUT2D eigenvalue weighted by Crippen LogP contribution is -2.67. The summed E-state index contributed by atoms with van der Waals surface area (Å²) in [6.07, 6.45) is 6.16. The van der Waals surface area contributed by atoms with Crippen LogP contribution in [0.2, 0.25) is 0 Å². The van der Waals surface area contributed by atoms with Crippen molar-refractivity contribution < 1.29 is 14.7 Å². The Morgan fingerprint density at radius 2 is 2.14 bits per heavy atom. The van der Waals surface area contributed by atoms with Crippen molar-refractivity contribution in [3.8, 4) is 0 Å². The summed E-state index contributed by atoms with van der Waals surface area (Å²) >= 11 is 0. The maximum atomic E-state index is 12.8. The highest BCUT2D eigenvalue weighted by molar-refractivity contribution is 5.95. The van der Waals surface area contributed by atoms with Crippen LogP contribution in [0, 0.1) is 18.8 Å². The molecule has 8 nitrogen and oxygen atoms in total. The zero-order valence-corrected chi connectivity index (χ0v) is 17.5. The first-order valence-electron chi connectivity index (χ1n) is 10.9. The topological polar surface area (TPSA) is 90.7 Å². The van der Waals surface area contributed by atoms with E-state index in [1.165, 1.54) is 0 Å². The quantitative estimate of drug-likeness (QED) is 0.724. The number of carbonyl (C=O) groups is 2. The number of hydrogen-bond acceptors (Lipinski definition) is 5. The van der Waals surface area contributed by atoms with Crippen molar-refractivity contribution in [1.82, 2.24) is 24.9 Å². The fraction of sp³-hybridized carbons (Fsp3) is 0.762. The Bertz CT molecular complexity index is 763. The van der Waals surface area contributed by atoms with Crippen molar-refractivity contribution in [2.45, 2.75) is 51.1 Å². The molecule has 0 radical (unpaired) electrons. The molecule has 29 heavy (non-hydrogen) atoms. The number of aryl methyl sites for hydroxylation is 1. The maximum Gasteiger partial charge on any atom is 0.254 e. The van der Waals surface area contributed by atoms with Crippen LogP contribution in [0.25, 0.3) is 0 Å². The third-order valence-electron chi connectivity index (χ3n) is 7.16. The third kappa shape index (κ3) is 3.92. The first-order chi connectivity index (χ1) is 14.0. The van der Waals surface area contributed by atoms with Crippen LogP contribution in [-0.2, 0) is 11.8 Å². The smallest absolute Gasteiger partial charge is 0.254 e. The number of fused-ring (bicyclic) bond motifs is 4. The monoisotopic (exact) mass is 403 g/mol. The predicted molar refractivity (Wildman–Crippen MR) is 108 cm³/mol. The average Bonchev–Trinajstić information content (AvgIpc) is 3.05. The number of nitrogens with one attached hydrogen (secondary N) is 1. The predicted octanol–water partition coefficient (Wildman–Crippen LogP) is 0.542. The number of rotatable bonds is 6. The van der Waals surface area contributed by atoms with Crippen molar-refractivity contribution in [2.75, 3.05) is 32.8 Å². The van der Waals surface area contributed by atoms with E-state index in [0.29, 0.717) is 30.4 Å². The molecule has 4 rings (SSSR count). The van der Waals surface area contributed by atoms with Crippen LogP contribution in [0.1, 0.15) is 48.2 Å². The highest BCUT2D eigenvalue weighted by atomic mass is 16.3. The largest absolute Gasteiger partial charge is 0.396 e. The summed E-state index contributed by atoms with van der Waals surface area (Å²) in [5.74, 6) is 0.994. The lowest BCUT2D eigenvalue weighted by molar-refractivity contribution is -0.152. The zero-order chi connectivity index (χ0) is 20.5. The Morgan fingerprint density at radius 3 is 2.86 bits per heavy atom. The summed E-state index contributed by atoms with van der Waals surface area (Å²) < 4.78 is 1.70. The summed E-state index contributed by atoms with van der Waals surface area (Å²) in [5.41, 5.74) is 1.43. The molecule has 160 valence electrons. The Hall–Kier alpha value is -1.93. The minimum Gasteiger partial charge on any atom is -0.396 e. The van der Waals surface area contributed by atoms with Gasteiger partial charge in [0.2, 0.25) is 5.91 Å². The Kier molecular flexibility index (Phi) is 5.92. The molecule has 0 aliphatic carbocycles. The molecule has 4 atom stereocenters. The molecule has 3 saturated heterocycles.